The van der Waals surface area contributed by atoms with E-state index in [1.807, 2.05) is 75.4 Å². The Morgan fingerprint density at radius 2 is 1.81 bits per heavy atom. The van der Waals surface area contributed by atoms with Crippen LogP contribution >= 0.6 is 0 Å². The molecule has 2 aromatic heterocycles. The van der Waals surface area contributed by atoms with Gasteiger partial charge in [0.25, 0.3) is 11.5 Å². The maximum Gasteiger partial charge on any atom is 0.410 e. The highest BCUT2D eigenvalue weighted by Crippen LogP contribution is 2.38. The summed E-state index contributed by atoms with van der Waals surface area (Å²) in [6, 6.07) is 7.48. The molecule has 1 aromatic carbocycles. The zero-order valence-electron chi connectivity index (χ0n) is 26.3. The van der Waals surface area contributed by atoms with Crippen LogP contribution in [0.15, 0.2) is 35.3 Å². The SMILES string of the molecule is CCC1(n2nc(Nc3ccc(C(=O)N4[C@H](C)COC[C@@H]4C)c(C)c3)c3c(=O)[nH]ccc32)CCN(C(=O)OC(C)(C)C)CC1. The molecule has 0 radical (unpaired) electrons. The summed E-state index contributed by atoms with van der Waals surface area (Å²) >= 11 is 0. The summed E-state index contributed by atoms with van der Waals surface area (Å²) < 4.78 is 13.2. The zero-order chi connectivity index (χ0) is 31.1. The van der Waals surface area contributed by atoms with Crippen molar-refractivity contribution in [1.29, 1.82) is 0 Å². The van der Waals surface area contributed by atoms with Crippen molar-refractivity contribution in [2.45, 2.75) is 91.0 Å². The summed E-state index contributed by atoms with van der Waals surface area (Å²) in [7, 11) is 0. The molecule has 2 aliphatic rings. The third kappa shape index (κ3) is 6.00. The molecule has 2 atom stereocenters. The lowest BCUT2D eigenvalue weighted by molar-refractivity contribution is -0.0249. The highest BCUT2D eigenvalue weighted by Gasteiger charge is 2.40. The van der Waals surface area contributed by atoms with Gasteiger partial charge in [0, 0.05) is 30.5 Å². The number of aromatic nitrogens is 3. The molecule has 0 bridgehead atoms. The average molecular weight is 593 g/mol. The summed E-state index contributed by atoms with van der Waals surface area (Å²) in [5.41, 5.74) is 1.78. The minimum Gasteiger partial charge on any atom is -0.444 e. The lowest BCUT2D eigenvalue weighted by atomic mass is 9.85. The van der Waals surface area contributed by atoms with Gasteiger partial charge >= 0.3 is 6.09 Å². The number of carbonyl (C=O) groups is 2. The number of benzene rings is 1. The number of aryl methyl sites for hydroxylation is 1. The molecule has 5 rings (SSSR count). The van der Waals surface area contributed by atoms with Crippen LogP contribution in [-0.2, 0) is 15.0 Å². The number of nitrogens with zero attached hydrogens (tertiary/aromatic N) is 4. The van der Waals surface area contributed by atoms with Crippen molar-refractivity contribution < 1.29 is 19.1 Å². The first-order valence-corrected chi connectivity index (χ1v) is 15.2. The van der Waals surface area contributed by atoms with E-state index in [1.54, 1.807) is 11.1 Å². The summed E-state index contributed by atoms with van der Waals surface area (Å²) in [5.74, 6) is 0.439. The van der Waals surface area contributed by atoms with Crippen molar-refractivity contribution in [2.24, 2.45) is 0 Å². The number of amides is 2. The van der Waals surface area contributed by atoms with E-state index < -0.39 is 5.60 Å². The first-order valence-electron chi connectivity index (χ1n) is 15.2. The van der Waals surface area contributed by atoms with Gasteiger partial charge in [-0.3, -0.25) is 14.3 Å². The van der Waals surface area contributed by atoms with Crippen LogP contribution in [0.2, 0.25) is 0 Å². The van der Waals surface area contributed by atoms with Crippen molar-refractivity contribution in [1.82, 2.24) is 24.6 Å². The molecular weight excluding hydrogens is 548 g/mol. The van der Waals surface area contributed by atoms with Crippen LogP contribution in [0.4, 0.5) is 16.3 Å². The number of pyridine rings is 1. The third-order valence-electron chi connectivity index (χ3n) is 8.68. The largest absolute Gasteiger partial charge is 0.444 e. The summed E-state index contributed by atoms with van der Waals surface area (Å²) in [6.07, 6.45) is 3.48. The molecule has 2 saturated heterocycles. The second-order valence-corrected chi connectivity index (χ2v) is 13.0. The van der Waals surface area contributed by atoms with Gasteiger partial charge in [-0.2, -0.15) is 5.10 Å². The quantitative estimate of drug-likeness (QED) is 0.420. The van der Waals surface area contributed by atoms with E-state index in [0.29, 0.717) is 55.9 Å². The number of aromatic amines is 1. The number of morpholine rings is 1. The molecule has 0 unspecified atom stereocenters. The van der Waals surface area contributed by atoms with Crippen LogP contribution < -0.4 is 10.9 Å². The summed E-state index contributed by atoms with van der Waals surface area (Å²) in [5, 5.41) is 8.82. The highest BCUT2D eigenvalue weighted by molar-refractivity contribution is 5.97. The van der Waals surface area contributed by atoms with Gasteiger partial charge in [-0.25, -0.2) is 4.79 Å². The third-order valence-corrected chi connectivity index (χ3v) is 8.68. The maximum atomic E-state index is 13.5. The van der Waals surface area contributed by atoms with Crippen LogP contribution in [0.3, 0.4) is 0 Å². The van der Waals surface area contributed by atoms with E-state index in [0.717, 1.165) is 23.2 Å². The number of H-pyrrole nitrogens is 1. The van der Waals surface area contributed by atoms with E-state index in [4.69, 9.17) is 14.6 Å². The normalized spacial score (nSPS) is 20.7. The lowest BCUT2D eigenvalue weighted by Crippen LogP contribution is -2.52. The van der Waals surface area contributed by atoms with Gasteiger partial charge < -0.3 is 29.6 Å². The first-order chi connectivity index (χ1) is 20.3. The predicted molar refractivity (Wildman–Crippen MR) is 166 cm³/mol. The molecule has 0 aliphatic carbocycles. The number of anilines is 2. The lowest BCUT2D eigenvalue weighted by Gasteiger charge is -2.42. The fraction of sp³-hybridized carbons (Fsp3) is 0.562. The van der Waals surface area contributed by atoms with E-state index in [2.05, 4.69) is 17.2 Å². The van der Waals surface area contributed by atoms with E-state index in [9.17, 15) is 14.4 Å². The number of piperidine rings is 1. The minimum absolute atomic E-state index is 0.00241. The molecule has 2 N–H and O–H groups in total. The molecule has 0 spiro atoms. The molecule has 2 fully saturated rings. The van der Waals surface area contributed by atoms with E-state index >= 15 is 0 Å². The smallest absolute Gasteiger partial charge is 0.410 e. The van der Waals surface area contributed by atoms with Crippen LogP contribution in [0, 0.1) is 6.92 Å². The molecule has 43 heavy (non-hydrogen) atoms. The Labute approximate surface area is 252 Å². The van der Waals surface area contributed by atoms with Crippen molar-refractivity contribution in [3.63, 3.8) is 0 Å². The minimum atomic E-state index is -0.556. The fourth-order valence-corrected chi connectivity index (χ4v) is 6.34. The van der Waals surface area contributed by atoms with Crippen LogP contribution in [0.25, 0.3) is 10.9 Å². The van der Waals surface area contributed by atoms with E-state index in [-0.39, 0.29) is 35.2 Å². The Bertz CT molecular complexity index is 1550. The average Bonchev–Trinajstić information content (AvgIpc) is 3.32. The van der Waals surface area contributed by atoms with Crippen LogP contribution in [-0.4, -0.2) is 80.6 Å². The van der Waals surface area contributed by atoms with Gasteiger partial charge in [0.2, 0.25) is 0 Å². The van der Waals surface area contributed by atoms with Crippen molar-refractivity contribution >= 4 is 34.4 Å². The van der Waals surface area contributed by atoms with Gasteiger partial charge in [-0.1, -0.05) is 6.92 Å². The van der Waals surface area contributed by atoms with Crippen LogP contribution in [0.1, 0.15) is 76.7 Å². The zero-order valence-corrected chi connectivity index (χ0v) is 26.3. The first kappa shape index (κ1) is 30.6. The number of hydrogen-bond donors (Lipinski definition) is 2. The van der Waals surface area contributed by atoms with Gasteiger partial charge in [0.1, 0.15) is 11.0 Å². The molecule has 3 aromatic rings. The number of likely N-dealkylation sites (tertiary alicyclic amines) is 1. The van der Waals surface area contributed by atoms with Gasteiger partial charge in [0.05, 0.1) is 36.4 Å². The summed E-state index contributed by atoms with van der Waals surface area (Å²) in [6.45, 7) is 15.8. The van der Waals surface area contributed by atoms with E-state index in [1.165, 1.54) is 0 Å². The standard InChI is InChI=1S/C32H44N6O5/c1-8-32(12-15-36(16-13-32)30(41)43-31(5,6)7)38-25-11-14-33-28(39)26(25)27(35-38)34-23-9-10-24(20(2)17-23)29(40)37-21(3)18-42-19-22(37)4/h9-11,14,17,21-22H,8,12-13,15-16,18-19H2,1-7H3,(H,33,39)(H,34,35)/t21-,22+. The molecule has 4 heterocycles. The van der Waals surface area contributed by atoms with Crippen molar-refractivity contribution in [3.05, 3.63) is 51.9 Å². The number of hydrogen-bond acceptors (Lipinski definition) is 7. The molecule has 11 heteroatoms. The Hall–Kier alpha value is -3.86. The predicted octanol–water partition coefficient (Wildman–Crippen LogP) is 5.16. The van der Waals surface area contributed by atoms with Crippen molar-refractivity contribution in [3.8, 4) is 0 Å². The molecular formula is C32H44N6O5. The number of carbonyl (C=O) groups excluding carboxylic acids is 2. The Kier molecular flexibility index (Phi) is 8.30. The highest BCUT2D eigenvalue weighted by atomic mass is 16.6. The Balaban J connectivity index is 1.42. The Morgan fingerprint density at radius 3 is 2.42 bits per heavy atom. The number of ether oxygens (including phenoxy) is 2. The molecule has 2 amide bonds. The maximum absolute atomic E-state index is 13.5. The van der Waals surface area contributed by atoms with Crippen LogP contribution in [0.5, 0.6) is 0 Å². The van der Waals surface area contributed by atoms with Crippen molar-refractivity contribution in [2.75, 3.05) is 31.6 Å². The number of rotatable bonds is 5. The second kappa shape index (κ2) is 11.7. The Morgan fingerprint density at radius 1 is 1.14 bits per heavy atom. The summed E-state index contributed by atoms with van der Waals surface area (Å²) in [4.78, 5) is 45.8. The van der Waals surface area contributed by atoms with Gasteiger partial charge in [-0.05, 0) is 90.6 Å². The fourth-order valence-electron chi connectivity index (χ4n) is 6.34. The second-order valence-electron chi connectivity index (χ2n) is 13.0. The molecule has 2 aliphatic heterocycles. The monoisotopic (exact) mass is 592 g/mol. The van der Waals surface area contributed by atoms with Gasteiger partial charge in [-0.15, -0.1) is 0 Å². The topological polar surface area (TPSA) is 122 Å². The molecule has 0 saturated carbocycles. The van der Waals surface area contributed by atoms with Gasteiger partial charge in [0.15, 0.2) is 5.82 Å². The molecule has 11 nitrogen and oxygen atoms in total. The number of nitrogens with one attached hydrogen (secondary N) is 2. The number of fused-ring (bicyclic) bond motifs is 1. The molecule has 232 valence electrons.